The molecule has 0 radical (unpaired) electrons. The van der Waals surface area contributed by atoms with E-state index in [0.29, 0.717) is 6.42 Å². The van der Waals surface area contributed by atoms with Crippen LogP contribution in [0.2, 0.25) is 0 Å². The number of fused-ring (bicyclic) bond motifs is 2. The number of aliphatic carboxylic acids is 1. The summed E-state index contributed by atoms with van der Waals surface area (Å²) in [5.74, 6) is -1.74. The highest BCUT2D eigenvalue weighted by Gasteiger charge is 2.33. The van der Waals surface area contributed by atoms with Crippen molar-refractivity contribution in [2.24, 2.45) is 0 Å². The molecular weight excluding hydrogens is 228 g/mol. The molecule has 92 valence electrons. The van der Waals surface area contributed by atoms with E-state index < -0.39 is 18.0 Å². The maximum atomic E-state index is 11.3. The number of aryl methyl sites for hydroxylation is 1. The summed E-state index contributed by atoms with van der Waals surface area (Å²) in [5.41, 5.74) is 1.81. The number of carbonyl (C=O) groups is 1. The van der Waals surface area contributed by atoms with Crippen molar-refractivity contribution in [2.75, 3.05) is 0 Å². The highest BCUT2D eigenvalue weighted by molar-refractivity contribution is 5.87. The van der Waals surface area contributed by atoms with Gasteiger partial charge in [0.05, 0.1) is 6.10 Å². The minimum Gasteiger partial charge on any atom is -0.481 e. The third-order valence-corrected chi connectivity index (χ3v) is 3.70. The minimum atomic E-state index is -0.946. The van der Waals surface area contributed by atoms with Gasteiger partial charge in [0, 0.05) is 0 Å². The van der Waals surface area contributed by atoms with Crippen molar-refractivity contribution in [3.8, 4) is 0 Å². The molecule has 3 nitrogen and oxygen atoms in total. The number of hydrogen-bond acceptors (Lipinski definition) is 2. The van der Waals surface area contributed by atoms with E-state index in [-0.39, 0.29) is 0 Å². The van der Waals surface area contributed by atoms with Crippen LogP contribution in [0.4, 0.5) is 0 Å². The Morgan fingerprint density at radius 3 is 2.50 bits per heavy atom. The fourth-order valence-corrected chi connectivity index (χ4v) is 2.79. The highest BCUT2D eigenvalue weighted by atomic mass is 16.4. The number of carboxylic acids is 1. The molecule has 0 aliphatic heterocycles. The van der Waals surface area contributed by atoms with Crippen molar-refractivity contribution in [2.45, 2.75) is 24.9 Å². The summed E-state index contributed by atoms with van der Waals surface area (Å²) in [6.07, 6.45) is 0.476. The number of aliphatic hydroxyl groups is 1. The second-order valence-electron chi connectivity index (χ2n) is 4.82. The molecular formula is C15H14O3. The number of rotatable bonds is 1. The Balaban J connectivity index is 2.23. The molecule has 3 heteroatoms. The van der Waals surface area contributed by atoms with Crippen LogP contribution in [-0.4, -0.2) is 22.3 Å². The van der Waals surface area contributed by atoms with E-state index in [1.165, 1.54) is 0 Å². The molecule has 1 aliphatic rings. The lowest BCUT2D eigenvalue weighted by Crippen LogP contribution is -2.31. The van der Waals surface area contributed by atoms with E-state index in [0.717, 1.165) is 28.3 Å². The SMILES string of the molecule is O=C(O)C1c2cc3ccccc3cc2CCC1O. The van der Waals surface area contributed by atoms with Gasteiger partial charge in [0.25, 0.3) is 0 Å². The average Bonchev–Trinajstić information content (AvgIpc) is 2.36. The van der Waals surface area contributed by atoms with Crippen LogP contribution < -0.4 is 0 Å². The Kier molecular flexibility index (Phi) is 2.56. The third-order valence-electron chi connectivity index (χ3n) is 3.70. The van der Waals surface area contributed by atoms with Gasteiger partial charge in [-0.25, -0.2) is 0 Å². The fraction of sp³-hybridized carbons (Fsp3) is 0.267. The monoisotopic (exact) mass is 242 g/mol. The Bertz CT molecular complexity index is 618. The fourth-order valence-electron chi connectivity index (χ4n) is 2.79. The van der Waals surface area contributed by atoms with Gasteiger partial charge in [-0.2, -0.15) is 0 Å². The molecule has 1 aliphatic carbocycles. The molecule has 0 aromatic heterocycles. The summed E-state index contributed by atoms with van der Waals surface area (Å²) in [5, 5.41) is 21.3. The number of hydrogen-bond donors (Lipinski definition) is 2. The Hall–Kier alpha value is -1.87. The Morgan fingerprint density at radius 2 is 1.83 bits per heavy atom. The zero-order valence-corrected chi connectivity index (χ0v) is 9.84. The molecule has 0 saturated heterocycles. The van der Waals surface area contributed by atoms with E-state index >= 15 is 0 Å². The van der Waals surface area contributed by atoms with E-state index in [1.807, 2.05) is 36.4 Å². The summed E-state index contributed by atoms with van der Waals surface area (Å²) in [6.45, 7) is 0. The molecule has 0 heterocycles. The minimum absolute atomic E-state index is 0.516. The van der Waals surface area contributed by atoms with Crippen molar-refractivity contribution in [1.29, 1.82) is 0 Å². The summed E-state index contributed by atoms with van der Waals surface area (Å²) < 4.78 is 0. The van der Waals surface area contributed by atoms with Gasteiger partial charge >= 0.3 is 5.97 Å². The zero-order chi connectivity index (χ0) is 12.7. The highest BCUT2D eigenvalue weighted by Crippen LogP contribution is 2.34. The van der Waals surface area contributed by atoms with Gasteiger partial charge in [-0.3, -0.25) is 4.79 Å². The van der Waals surface area contributed by atoms with Crippen LogP contribution in [0.1, 0.15) is 23.5 Å². The molecule has 0 bridgehead atoms. The molecule has 2 unspecified atom stereocenters. The molecule has 18 heavy (non-hydrogen) atoms. The van der Waals surface area contributed by atoms with Crippen LogP contribution in [0.15, 0.2) is 36.4 Å². The van der Waals surface area contributed by atoms with Gasteiger partial charge in [0.1, 0.15) is 5.92 Å². The lowest BCUT2D eigenvalue weighted by atomic mass is 9.79. The average molecular weight is 242 g/mol. The van der Waals surface area contributed by atoms with Crippen LogP contribution in [-0.2, 0) is 11.2 Å². The van der Waals surface area contributed by atoms with Crippen LogP contribution >= 0.6 is 0 Å². The second-order valence-corrected chi connectivity index (χ2v) is 4.82. The van der Waals surface area contributed by atoms with Gasteiger partial charge in [0.15, 0.2) is 0 Å². The van der Waals surface area contributed by atoms with Gasteiger partial charge in [0.2, 0.25) is 0 Å². The van der Waals surface area contributed by atoms with E-state index in [1.54, 1.807) is 0 Å². The molecule has 2 atom stereocenters. The molecule has 2 aromatic rings. The predicted octanol–water partition coefficient (Wildman–Crippen LogP) is 2.32. The predicted molar refractivity (Wildman–Crippen MR) is 68.7 cm³/mol. The lowest BCUT2D eigenvalue weighted by molar-refractivity contribution is -0.142. The first-order valence-electron chi connectivity index (χ1n) is 6.09. The smallest absolute Gasteiger partial charge is 0.313 e. The second kappa shape index (κ2) is 4.10. The van der Waals surface area contributed by atoms with Gasteiger partial charge < -0.3 is 10.2 Å². The quantitative estimate of drug-likeness (QED) is 0.806. The maximum absolute atomic E-state index is 11.3. The third kappa shape index (κ3) is 1.68. The lowest BCUT2D eigenvalue weighted by Gasteiger charge is -2.27. The van der Waals surface area contributed by atoms with Crippen LogP contribution in [0.3, 0.4) is 0 Å². The van der Waals surface area contributed by atoms with E-state index in [9.17, 15) is 15.0 Å². The number of aliphatic hydroxyl groups excluding tert-OH is 1. The van der Waals surface area contributed by atoms with Crippen LogP contribution in [0.5, 0.6) is 0 Å². The standard InChI is InChI=1S/C15H14O3/c16-13-6-5-11-7-9-3-1-2-4-10(9)8-12(11)14(13)15(17)18/h1-4,7-8,13-14,16H,5-6H2,(H,17,18). The zero-order valence-electron chi connectivity index (χ0n) is 9.84. The van der Waals surface area contributed by atoms with Gasteiger partial charge in [-0.1, -0.05) is 30.3 Å². The summed E-state index contributed by atoms with van der Waals surface area (Å²) in [7, 11) is 0. The van der Waals surface area contributed by atoms with Crippen molar-refractivity contribution < 1.29 is 15.0 Å². The topological polar surface area (TPSA) is 57.5 Å². The maximum Gasteiger partial charge on any atom is 0.313 e. The summed E-state index contributed by atoms with van der Waals surface area (Å²) in [4.78, 5) is 11.3. The van der Waals surface area contributed by atoms with Crippen molar-refractivity contribution in [1.82, 2.24) is 0 Å². The van der Waals surface area contributed by atoms with E-state index in [2.05, 4.69) is 0 Å². The van der Waals surface area contributed by atoms with Crippen molar-refractivity contribution in [3.63, 3.8) is 0 Å². The molecule has 0 spiro atoms. The van der Waals surface area contributed by atoms with Crippen molar-refractivity contribution in [3.05, 3.63) is 47.5 Å². The molecule has 0 amide bonds. The Labute approximate surface area is 105 Å². The molecule has 2 N–H and O–H groups in total. The largest absolute Gasteiger partial charge is 0.481 e. The summed E-state index contributed by atoms with van der Waals surface area (Å²) >= 11 is 0. The Morgan fingerprint density at radius 1 is 1.17 bits per heavy atom. The first-order valence-corrected chi connectivity index (χ1v) is 6.09. The first-order chi connectivity index (χ1) is 8.66. The molecule has 3 rings (SSSR count). The first kappa shape index (κ1) is 11.2. The van der Waals surface area contributed by atoms with Gasteiger partial charge in [-0.15, -0.1) is 0 Å². The normalized spacial score (nSPS) is 22.7. The number of carboxylic acid groups (broad SMARTS) is 1. The molecule has 0 saturated carbocycles. The van der Waals surface area contributed by atoms with E-state index in [4.69, 9.17) is 0 Å². The van der Waals surface area contributed by atoms with Gasteiger partial charge in [-0.05, 0) is 40.8 Å². The van der Waals surface area contributed by atoms with Crippen LogP contribution in [0, 0.1) is 0 Å². The molecule has 2 aromatic carbocycles. The summed E-state index contributed by atoms with van der Waals surface area (Å²) in [6, 6.07) is 11.9. The van der Waals surface area contributed by atoms with Crippen molar-refractivity contribution >= 4 is 16.7 Å². The molecule has 0 fully saturated rings. The number of benzene rings is 2. The van der Waals surface area contributed by atoms with Crippen LogP contribution in [0.25, 0.3) is 10.8 Å².